The van der Waals surface area contributed by atoms with Crippen LogP contribution in [0.1, 0.15) is 22.3 Å². The van der Waals surface area contributed by atoms with Gasteiger partial charge in [-0.15, -0.1) is 0 Å². The van der Waals surface area contributed by atoms with E-state index in [-0.39, 0.29) is 10.8 Å². The molecule has 8 heteroatoms. The Kier molecular flexibility index (Phi) is 5.86. The van der Waals surface area contributed by atoms with E-state index in [1.54, 1.807) is 12.1 Å². The number of nitrogen functional groups attached to an aromatic ring is 1. The van der Waals surface area contributed by atoms with Crippen molar-refractivity contribution in [1.29, 1.82) is 0 Å². The minimum Gasteiger partial charge on any atom is -0.370 e. The number of hydrogen-bond acceptors (Lipinski definition) is 6. The van der Waals surface area contributed by atoms with Gasteiger partial charge in [0.2, 0.25) is 16.0 Å². The van der Waals surface area contributed by atoms with Gasteiger partial charge in [0.1, 0.15) is 5.82 Å². The number of nitrogens with one attached hydrogen (secondary N) is 1. The van der Waals surface area contributed by atoms with E-state index in [2.05, 4.69) is 48.2 Å². The van der Waals surface area contributed by atoms with Gasteiger partial charge in [-0.05, 0) is 67.6 Å². The highest BCUT2D eigenvalue weighted by molar-refractivity contribution is 7.89. The molecule has 7 nitrogen and oxygen atoms in total. The Hall–Kier alpha value is -2.97. The second-order valence-electron chi connectivity index (χ2n) is 7.11. The number of nitrogens with two attached hydrogens (primary N) is 2. The maximum Gasteiger partial charge on any atom is 0.238 e. The molecule has 3 rings (SSSR count). The standard InChI is InChI=1S/C21H25N5O2S/c1-13-10-15(3)18(11-14(13)2)19-12-20(26-21(22)25-19)24-9-8-16-4-6-17(7-5-16)29(23,27)28/h4-7,10-12H,8-9H2,1-3H3,(H2,23,27,28)(H3,22,24,25,26). The zero-order valence-electron chi connectivity index (χ0n) is 16.7. The fraction of sp³-hybridized carbons (Fsp3) is 0.238. The molecule has 2 aromatic carbocycles. The van der Waals surface area contributed by atoms with Crippen molar-refractivity contribution in [3.05, 3.63) is 64.7 Å². The maximum absolute atomic E-state index is 11.3. The molecule has 0 radical (unpaired) electrons. The molecule has 0 aliphatic carbocycles. The molecule has 0 atom stereocenters. The zero-order chi connectivity index (χ0) is 21.2. The largest absolute Gasteiger partial charge is 0.370 e. The van der Waals surface area contributed by atoms with E-state index in [4.69, 9.17) is 10.9 Å². The molecule has 0 saturated heterocycles. The molecule has 1 aromatic heterocycles. The molecule has 0 amide bonds. The number of aromatic nitrogens is 2. The van der Waals surface area contributed by atoms with E-state index in [0.717, 1.165) is 22.4 Å². The summed E-state index contributed by atoms with van der Waals surface area (Å²) >= 11 is 0. The summed E-state index contributed by atoms with van der Waals surface area (Å²) in [7, 11) is -3.67. The first-order valence-electron chi connectivity index (χ1n) is 9.22. The number of aryl methyl sites for hydroxylation is 3. The maximum atomic E-state index is 11.3. The summed E-state index contributed by atoms with van der Waals surface area (Å²) in [5.74, 6) is 0.853. The molecule has 1 heterocycles. The molecule has 0 unspecified atom stereocenters. The molecule has 0 fully saturated rings. The average molecular weight is 412 g/mol. The van der Waals surface area contributed by atoms with E-state index in [1.165, 1.54) is 23.3 Å². The van der Waals surface area contributed by atoms with E-state index in [9.17, 15) is 8.42 Å². The van der Waals surface area contributed by atoms with Crippen molar-refractivity contribution in [2.45, 2.75) is 32.1 Å². The number of benzene rings is 2. The highest BCUT2D eigenvalue weighted by Gasteiger charge is 2.10. The predicted octanol–water partition coefficient (Wildman–Crippen LogP) is 2.95. The van der Waals surface area contributed by atoms with Crippen molar-refractivity contribution in [1.82, 2.24) is 9.97 Å². The normalized spacial score (nSPS) is 11.4. The van der Waals surface area contributed by atoms with E-state index < -0.39 is 10.0 Å². The molecule has 0 aliphatic heterocycles. The Morgan fingerprint density at radius 1 is 0.931 bits per heavy atom. The first-order valence-corrected chi connectivity index (χ1v) is 10.8. The Morgan fingerprint density at radius 2 is 1.59 bits per heavy atom. The Morgan fingerprint density at radius 3 is 2.24 bits per heavy atom. The van der Waals surface area contributed by atoms with Gasteiger partial charge in [0.05, 0.1) is 10.6 Å². The van der Waals surface area contributed by atoms with Gasteiger partial charge in [-0.1, -0.05) is 18.2 Å². The van der Waals surface area contributed by atoms with Gasteiger partial charge < -0.3 is 11.1 Å². The van der Waals surface area contributed by atoms with Gasteiger partial charge >= 0.3 is 0 Å². The third-order valence-electron chi connectivity index (χ3n) is 4.83. The van der Waals surface area contributed by atoms with E-state index in [0.29, 0.717) is 18.8 Å². The second kappa shape index (κ2) is 8.18. The van der Waals surface area contributed by atoms with Gasteiger partial charge in [0, 0.05) is 18.2 Å². The second-order valence-corrected chi connectivity index (χ2v) is 8.68. The zero-order valence-corrected chi connectivity index (χ0v) is 17.5. The molecule has 0 spiro atoms. The van der Waals surface area contributed by atoms with Crippen molar-refractivity contribution in [2.24, 2.45) is 5.14 Å². The fourth-order valence-corrected chi connectivity index (χ4v) is 3.63. The number of primary sulfonamides is 1. The molecule has 3 aromatic rings. The van der Waals surface area contributed by atoms with Crippen LogP contribution in [0.15, 0.2) is 47.4 Å². The van der Waals surface area contributed by atoms with Crippen molar-refractivity contribution >= 4 is 21.8 Å². The van der Waals surface area contributed by atoms with Crippen LogP contribution < -0.4 is 16.2 Å². The Bertz CT molecular complexity index is 1140. The van der Waals surface area contributed by atoms with E-state index >= 15 is 0 Å². The summed E-state index contributed by atoms with van der Waals surface area (Å²) < 4.78 is 22.7. The van der Waals surface area contributed by atoms with Crippen molar-refractivity contribution in [3.8, 4) is 11.3 Å². The summed E-state index contributed by atoms with van der Waals surface area (Å²) in [6.45, 7) is 6.82. The average Bonchev–Trinajstić information content (AvgIpc) is 2.64. The fourth-order valence-electron chi connectivity index (χ4n) is 3.11. The van der Waals surface area contributed by atoms with Crippen molar-refractivity contribution in [2.75, 3.05) is 17.6 Å². The molecule has 29 heavy (non-hydrogen) atoms. The third kappa shape index (κ3) is 5.10. The number of rotatable bonds is 6. The van der Waals surface area contributed by atoms with Gasteiger partial charge in [0.25, 0.3) is 0 Å². The van der Waals surface area contributed by atoms with Gasteiger partial charge in [-0.25, -0.2) is 18.5 Å². The van der Waals surface area contributed by atoms with Crippen LogP contribution in [0.5, 0.6) is 0 Å². The van der Waals surface area contributed by atoms with Crippen LogP contribution in [-0.2, 0) is 16.4 Å². The number of hydrogen-bond donors (Lipinski definition) is 3. The van der Waals surface area contributed by atoms with Crippen LogP contribution in [0.25, 0.3) is 11.3 Å². The van der Waals surface area contributed by atoms with E-state index in [1.807, 2.05) is 6.07 Å². The molecular formula is C21H25N5O2S. The predicted molar refractivity (Wildman–Crippen MR) is 116 cm³/mol. The minimum absolute atomic E-state index is 0.103. The van der Waals surface area contributed by atoms with Crippen LogP contribution in [0, 0.1) is 20.8 Å². The van der Waals surface area contributed by atoms with Crippen molar-refractivity contribution < 1.29 is 8.42 Å². The van der Waals surface area contributed by atoms with Crippen LogP contribution in [0.3, 0.4) is 0 Å². The molecule has 5 N–H and O–H groups in total. The Labute approximate surface area is 171 Å². The SMILES string of the molecule is Cc1cc(C)c(-c2cc(NCCc3ccc(S(N)(=O)=O)cc3)nc(N)n2)cc1C. The lowest BCUT2D eigenvalue weighted by Crippen LogP contribution is -2.12. The number of sulfonamides is 1. The van der Waals surface area contributed by atoms with Gasteiger partial charge in [0.15, 0.2) is 0 Å². The van der Waals surface area contributed by atoms with Crippen LogP contribution in [-0.4, -0.2) is 24.9 Å². The monoisotopic (exact) mass is 411 g/mol. The molecule has 0 bridgehead atoms. The first kappa shape index (κ1) is 20.8. The van der Waals surface area contributed by atoms with Crippen molar-refractivity contribution in [3.63, 3.8) is 0 Å². The number of nitrogens with zero attached hydrogens (tertiary/aromatic N) is 2. The lowest BCUT2D eigenvalue weighted by molar-refractivity contribution is 0.598. The topological polar surface area (TPSA) is 124 Å². The van der Waals surface area contributed by atoms with Crippen LogP contribution >= 0.6 is 0 Å². The highest BCUT2D eigenvalue weighted by Crippen LogP contribution is 2.27. The first-order chi connectivity index (χ1) is 13.6. The Balaban J connectivity index is 1.73. The minimum atomic E-state index is -3.67. The lowest BCUT2D eigenvalue weighted by Gasteiger charge is -2.12. The quantitative estimate of drug-likeness (QED) is 0.573. The summed E-state index contributed by atoms with van der Waals surface area (Å²) in [6.07, 6.45) is 0.687. The summed E-state index contributed by atoms with van der Waals surface area (Å²) in [6, 6.07) is 12.7. The lowest BCUT2D eigenvalue weighted by atomic mass is 9.98. The van der Waals surface area contributed by atoms with Gasteiger partial charge in [-0.3, -0.25) is 0 Å². The van der Waals surface area contributed by atoms with Crippen LogP contribution in [0.2, 0.25) is 0 Å². The molecule has 0 aliphatic rings. The number of anilines is 2. The molecule has 0 saturated carbocycles. The highest BCUT2D eigenvalue weighted by atomic mass is 32.2. The summed E-state index contributed by atoms with van der Waals surface area (Å²) in [5, 5.41) is 8.38. The molecule has 152 valence electrons. The summed E-state index contributed by atoms with van der Waals surface area (Å²) in [5.41, 5.74) is 12.3. The molecular weight excluding hydrogens is 386 g/mol. The van der Waals surface area contributed by atoms with Gasteiger partial charge in [-0.2, -0.15) is 4.98 Å². The smallest absolute Gasteiger partial charge is 0.238 e. The third-order valence-corrected chi connectivity index (χ3v) is 5.76. The summed E-state index contributed by atoms with van der Waals surface area (Å²) in [4.78, 5) is 8.76. The van der Waals surface area contributed by atoms with Crippen LogP contribution in [0.4, 0.5) is 11.8 Å².